The fourth-order valence-electron chi connectivity index (χ4n) is 1.56. The third kappa shape index (κ3) is 4.00. The van der Waals surface area contributed by atoms with Crippen molar-refractivity contribution in [2.24, 2.45) is 0 Å². The maximum atomic E-state index is 5.55. The molecular formula is C12H19N5OS. The van der Waals surface area contributed by atoms with E-state index >= 15 is 0 Å². The van der Waals surface area contributed by atoms with Crippen LogP contribution in [0.3, 0.4) is 0 Å². The van der Waals surface area contributed by atoms with Gasteiger partial charge in [0.15, 0.2) is 0 Å². The lowest BCUT2D eigenvalue weighted by atomic mass is 10.3. The summed E-state index contributed by atoms with van der Waals surface area (Å²) in [4.78, 5) is 5.46. The number of thiazole rings is 1. The summed E-state index contributed by atoms with van der Waals surface area (Å²) in [5.74, 6) is 0.603. The van der Waals surface area contributed by atoms with Crippen LogP contribution < -0.4 is 10.6 Å². The van der Waals surface area contributed by atoms with Crippen molar-refractivity contribution >= 4 is 17.4 Å². The highest BCUT2D eigenvalue weighted by Crippen LogP contribution is 2.16. The van der Waals surface area contributed by atoms with Crippen LogP contribution in [-0.4, -0.2) is 21.7 Å². The van der Waals surface area contributed by atoms with Gasteiger partial charge in [-0.05, 0) is 26.8 Å². The quantitative estimate of drug-likeness (QED) is 0.812. The molecule has 0 spiro atoms. The molecule has 0 aromatic carbocycles. The van der Waals surface area contributed by atoms with Crippen LogP contribution >= 0.6 is 11.3 Å². The Labute approximate surface area is 116 Å². The smallest absolute Gasteiger partial charge is 0.315 e. The van der Waals surface area contributed by atoms with Crippen LogP contribution in [0.25, 0.3) is 0 Å². The molecule has 0 saturated heterocycles. The van der Waals surface area contributed by atoms with Gasteiger partial charge in [-0.2, -0.15) is 0 Å². The molecule has 6 nitrogen and oxygen atoms in total. The first-order chi connectivity index (χ1) is 9.19. The minimum absolute atomic E-state index is 0.0742. The molecule has 1 unspecified atom stereocenters. The molecule has 0 saturated carbocycles. The summed E-state index contributed by atoms with van der Waals surface area (Å²) in [5, 5.41) is 15.4. The molecule has 0 aliphatic carbocycles. The molecule has 0 radical (unpaired) electrons. The molecule has 0 amide bonds. The van der Waals surface area contributed by atoms with Gasteiger partial charge >= 0.3 is 6.01 Å². The normalized spacial score (nSPS) is 12.6. The SMILES string of the molecule is CCCNC(C)c1nnc(NCc2ncc(C)s2)o1. The van der Waals surface area contributed by atoms with Crippen molar-refractivity contribution in [3.05, 3.63) is 22.0 Å². The summed E-state index contributed by atoms with van der Waals surface area (Å²) >= 11 is 1.66. The van der Waals surface area contributed by atoms with Crippen LogP contribution in [0.1, 0.15) is 42.1 Å². The van der Waals surface area contributed by atoms with E-state index in [1.165, 1.54) is 4.88 Å². The number of hydrogen-bond donors (Lipinski definition) is 2. The van der Waals surface area contributed by atoms with Gasteiger partial charge < -0.3 is 15.1 Å². The largest absolute Gasteiger partial charge is 0.406 e. The Balaban J connectivity index is 1.86. The second-order valence-corrected chi connectivity index (χ2v) is 5.66. The molecule has 0 fully saturated rings. The predicted octanol–water partition coefficient (Wildman–Crippen LogP) is 2.51. The van der Waals surface area contributed by atoms with Gasteiger partial charge in [0.25, 0.3) is 0 Å². The van der Waals surface area contributed by atoms with Gasteiger partial charge in [-0.15, -0.1) is 16.4 Å². The minimum Gasteiger partial charge on any atom is -0.406 e. The fraction of sp³-hybridized carbons (Fsp3) is 0.583. The van der Waals surface area contributed by atoms with E-state index < -0.39 is 0 Å². The first kappa shape index (κ1) is 14.0. The van der Waals surface area contributed by atoms with Crippen LogP contribution in [0.15, 0.2) is 10.6 Å². The lowest BCUT2D eigenvalue weighted by Gasteiger charge is -2.07. The summed E-state index contributed by atoms with van der Waals surface area (Å²) in [5.41, 5.74) is 0. The Morgan fingerprint density at radius 2 is 2.26 bits per heavy atom. The van der Waals surface area contributed by atoms with Gasteiger partial charge in [0.05, 0.1) is 12.6 Å². The van der Waals surface area contributed by atoms with Crippen molar-refractivity contribution in [1.29, 1.82) is 0 Å². The van der Waals surface area contributed by atoms with Gasteiger partial charge in [0, 0.05) is 11.1 Å². The zero-order valence-corrected chi connectivity index (χ0v) is 12.3. The predicted molar refractivity (Wildman–Crippen MR) is 75.2 cm³/mol. The fourth-order valence-corrected chi connectivity index (χ4v) is 2.29. The van der Waals surface area contributed by atoms with Crippen LogP contribution in [0.2, 0.25) is 0 Å². The Morgan fingerprint density at radius 3 is 2.95 bits per heavy atom. The summed E-state index contributed by atoms with van der Waals surface area (Å²) in [6.45, 7) is 7.71. The van der Waals surface area contributed by atoms with Gasteiger partial charge in [-0.3, -0.25) is 0 Å². The maximum Gasteiger partial charge on any atom is 0.315 e. The number of aryl methyl sites for hydroxylation is 1. The van der Waals surface area contributed by atoms with Gasteiger partial charge in [-0.25, -0.2) is 4.98 Å². The van der Waals surface area contributed by atoms with E-state index in [1.54, 1.807) is 11.3 Å². The molecule has 0 aliphatic rings. The molecule has 2 aromatic heterocycles. The number of anilines is 1. The Kier molecular flexibility index (Phi) is 4.86. The highest BCUT2D eigenvalue weighted by molar-refractivity contribution is 7.11. The van der Waals surface area contributed by atoms with E-state index in [9.17, 15) is 0 Å². The van der Waals surface area contributed by atoms with E-state index in [-0.39, 0.29) is 6.04 Å². The number of aromatic nitrogens is 3. The molecular weight excluding hydrogens is 262 g/mol. The third-order valence-electron chi connectivity index (χ3n) is 2.57. The Bertz CT molecular complexity index is 510. The van der Waals surface area contributed by atoms with E-state index in [0.717, 1.165) is 18.0 Å². The van der Waals surface area contributed by atoms with Crippen molar-refractivity contribution in [2.45, 2.75) is 39.8 Å². The summed E-state index contributed by atoms with van der Waals surface area (Å²) in [6.07, 6.45) is 2.94. The summed E-state index contributed by atoms with van der Waals surface area (Å²) in [7, 11) is 0. The molecule has 1 atom stereocenters. The molecule has 7 heteroatoms. The summed E-state index contributed by atoms with van der Waals surface area (Å²) < 4.78 is 5.55. The van der Waals surface area contributed by atoms with Crippen molar-refractivity contribution in [3.63, 3.8) is 0 Å². The zero-order valence-electron chi connectivity index (χ0n) is 11.4. The molecule has 2 rings (SSSR count). The van der Waals surface area contributed by atoms with Gasteiger partial charge in [0.2, 0.25) is 5.89 Å². The van der Waals surface area contributed by atoms with E-state index in [2.05, 4.69) is 32.7 Å². The average molecular weight is 281 g/mol. The number of nitrogens with one attached hydrogen (secondary N) is 2. The molecule has 0 bridgehead atoms. The molecule has 104 valence electrons. The number of nitrogens with zero attached hydrogens (tertiary/aromatic N) is 3. The second-order valence-electron chi connectivity index (χ2n) is 4.34. The number of rotatable bonds is 7. The van der Waals surface area contributed by atoms with Gasteiger partial charge in [-0.1, -0.05) is 12.0 Å². The number of hydrogen-bond acceptors (Lipinski definition) is 7. The molecule has 2 heterocycles. The van der Waals surface area contributed by atoms with E-state index in [0.29, 0.717) is 18.5 Å². The van der Waals surface area contributed by atoms with Crippen LogP contribution in [-0.2, 0) is 6.54 Å². The lowest BCUT2D eigenvalue weighted by molar-refractivity contribution is 0.423. The van der Waals surface area contributed by atoms with Crippen LogP contribution in [0.5, 0.6) is 0 Å². The topological polar surface area (TPSA) is 75.9 Å². The lowest BCUT2D eigenvalue weighted by Crippen LogP contribution is -2.19. The van der Waals surface area contributed by atoms with E-state index in [4.69, 9.17) is 4.42 Å². The standard InChI is InChI=1S/C12H19N5OS/c1-4-5-13-9(3)11-16-17-12(18-11)15-7-10-14-6-8(2)19-10/h6,9,13H,4-5,7H2,1-3H3,(H,15,17). The first-order valence-corrected chi connectivity index (χ1v) is 7.22. The Hall–Kier alpha value is -1.47. The van der Waals surface area contributed by atoms with Crippen LogP contribution in [0, 0.1) is 6.92 Å². The Morgan fingerprint density at radius 1 is 1.42 bits per heavy atom. The minimum atomic E-state index is 0.0742. The molecule has 19 heavy (non-hydrogen) atoms. The summed E-state index contributed by atoms with van der Waals surface area (Å²) in [6, 6.07) is 0.512. The van der Waals surface area contributed by atoms with Gasteiger partial charge in [0.1, 0.15) is 5.01 Å². The molecule has 2 N–H and O–H groups in total. The van der Waals surface area contributed by atoms with Crippen molar-refractivity contribution in [2.75, 3.05) is 11.9 Å². The van der Waals surface area contributed by atoms with Crippen molar-refractivity contribution in [1.82, 2.24) is 20.5 Å². The average Bonchev–Trinajstić information content (AvgIpc) is 3.02. The highest BCUT2D eigenvalue weighted by Gasteiger charge is 2.13. The maximum absolute atomic E-state index is 5.55. The zero-order chi connectivity index (χ0) is 13.7. The van der Waals surface area contributed by atoms with E-state index in [1.807, 2.05) is 20.0 Å². The second kappa shape index (κ2) is 6.63. The highest BCUT2D eigenvalue weighted by atomic mass is 32.1. The first-order valence-electron chi connectivity index (χ1n) is 6.41. The molecule has 2 aromatic rings. The van der Waals surface area contributed by atoms with Crippen LogP contribution in [0.4, 0.5) is 6.01 Å². The van der Waals surface area contributed by atoms with Crippen molar-refractivity contribution < 1.29 is 4.42 Å². The molecule has 0 aliphatic heterocycles. The third-order valence-corrected chi connectivity index (χ3v) is 3.48. The monoisotopic (exact) mass is 281 g/mol. The van der Waals surface area contributed by atoms with Crippen molar-refractivity contribution in [3.8, 4) is 0 Å².